The van der Waals surface area contributed by atoms with Crippen LogP contribution in [0.3, 0.4) is 0 Å². The average molecular weight is 244 g/mol. The maximum absolute atomic E-state index is 9.78. The molecule has 1 atom stereocenters. The third kappa shape index (κ3) is 5.82. The minimum absolute atomic E-state index is 0.209. The first-order valence-electron chi connectivity index (χ1n) is 6.02. The molecule has 2 nitrogen and oxygen atoms in total. The number of hydrogen-bond acceptors (Lipinski definition) is 2. The van der Waals surface area contributed by atoms with Gasteiger partial charge in [0.1, 0.15) is 0 Å². The summed E-state index contributed by atoms with van der Waals surface area (Å²) in [5.74, 6) is 0. The zero-order valence-electron chi connectivity index (χ0n) is 11.8. The van der Waals surface area contributed by atoms with E-state index in [0.717, 1.165) is 18.4 Å². The van der Waals surface area contributed by atoms with Crippen LogP contribution in [0, 0.1) is 0 Å². The Labute approximate surface area is 102 Å². The largest absolute Gasteiger partial charge is 0.414 e. The molecule has 3 heteroatoms. The van der Waals surface area contributed by atoms with E-state index in [2.05, 4.69) is 40.4 Å². The molecule has 0 aromatic heterocycles. The lowest BCUT2D eigenvalue weighted by Gasteiger charge is -2.36. The zero-order valence-corrected chi connectivity index (χ0v) is 12.8. The zero-order chi connectivity index (χ0) is 13.0. The van der Waals surface area contributed by atoms with E-state index in [4.69, 9.17) is 4.43 Å². The van der Waals surface area contributed by atoms with Gasteiger partial charge in [0.15, 0.2) is 8.32 Å². The molecule has 0 aliphatic rings. The molecule has 0 amide bonds. The standard InChI is InChI=1S/C13H28O2Si/c1-11(2)8-9-12(14)10-15-16(6,7)13(3,4)5/h12,14H,1,8-10H2,2-7H3/t12-/m0/s1. The molecule has 1 N–H and O–H groups in total. The van der Waals surface area contributed by atoms with Crippen LogP contribution in [0.25, 0.3) is 0 Å². The van der Waals surface area contributed by atoms with Crippen molar-refractivity contribution < 1.29 is 9.53 Å². The minimum Gasteiger partial charge on any atom is -0.414 e. The molecule has 0 spiro atoms. The number of aliphatic hydroxyl groups excluding tert-OH is 1. The van der Waals surface area contributed by atoms with E-state index in [-0.39, 0.29) is 11.1 Å². The fraction of sp³-hybridized carbons (Fsp3) is 0.846. The van der Waals surface area contributed by atoms with Crippen LogP contribution in [-0.4, -0.2) is 26.1 Å². The normalized spacial score (nSPS) is 14.9. The van der Waals surface area contributed by atoms with Crippen LogP contribution >= 0.6 is 0 Å². The van der Waals surface area contributed by atoms with Gasteiger partial charge in [-0.2, -0.15) is 0 Å². The van der Waals surface area contributed by atoms with E-state index in [1.54, 1.807) is 0 Å². The first-order valence-corrected chi connectivity index (χ1v) is 8.93. The van der Waals surface area contributed by atoms with Gasteiger partial charge in [0.2, 0.25) is 0 Å². The number of allylic oxidation sites excluding steroid dienone is 1. The molecule has 0 heterocycles. The topological polar surface area (TPSA) is 29.5 Å². The summed E-state index contributed by atoms with van der Waals surface area (Å²) >= 11 is 0. The Hall–Kier alpha value is -0.123. The summed E-state index contributed by atoms with van der Waals surface area (Å²) in [7, 11) is -1.71. The monoisotopic (exact) mass is 244 g/mol. The Bertz CT molecular complexity index is 229. The molecule has 0 fully saturated rings. The van der Waals surface area contributed by atoms with Gasteiger partial charge in [0.05, 0.1) is 12.7 Å². The lowest BCUT2D eigenvalue weighted by Crippen LogP contribution is -2.42. The van der Waals surface area contributed by atoms with Crippen LogP contribution in [-0.2, 0) is 4.43 Å². The lowest BCUT2D eigenvalue weighted by atomic mass is 10.1. The second-order valence-electron chi connectivity index (χ2n) is 6.22. The van der Waals surface area contributed by atoms with Gasteiger partial charge in [0.25, 0.3) is 0 Å². The molecule has 0 saturated heterocycles. The van der Waals surface area contributed by atoms with Gasteiger partial charge < -0.3 is 9.53 Å². The second kappa shape index (κ2) is 5.99. The van der Waals surface area contributed by atoms with Gasteiger partial charge >= 0.3 is 0 Å². The third-order valence-electron chi connectivity index (χ3n) is 3.35. The van der Waals surface area contributed by atoms with Crippen molar-refractivity contribution in [1.29, 1.82) is 0 Å². The number of hydrogen-bond donors (Lipinski definition) is 1. The Kier molecular flexibility index (Phi) is 5.94. The van der Waals surface area contributed by atoms with E-state index < -0.39 is 8.32 Å². The minimum atomic E-state index is -1.71. The third-order valence-corrected chi connectivity index (χ3v) is 7.85. The molecule has 0 aliphatic carbocycles. The van der Waals surface area contributed by atoms with Crippen molar-refractivity contribution in [2.75, 3.05) is 6.61 Å². The summed E-state index contributed by atoms with van der Waals surface area (Å²) in [4.78, 5) is 0. The molecule has 16 heavy (non-hydrogen) atoms. The van der Waals surface area contributed by atoms with Crippen LogP contribution in [0.4, 0.5) is 0 Å². The van der Waals surface area contributed by atoms with E-state index >= 15 is 0 Å². The highest BCUT2D eigenvalue weighted by Gasteiger charge is 2.37. The van der Waals surface area contributed by atoms with E-state index in [9.17, 15) is 5.11 Å². The fourth-order valence-corrected chi connectivity index (χ4v) is 2.06. The summed E-state index contributed by atoms with van der Waals surface area (Å²) in [6, 6.07) is 0. The lowest BCUT2D eigenvalue weighted by molar-refractivity contribution is 0.0932. The van der Waals surface area contributed by atoms with E-state index in [1.165, 1.54) is 0 Å². The highest BCUT2D eigenvalue weighted by Crippen LogP contribution is 2.36. The number of aliphatic hydroxyl groups is 1. The molecule has 0 saturated carbocycles. The predicted octanol–water partition coefficient (Wildman–Crippen LogP) is 3.73. The number of rotatable bonds is 6. The molecule has 96 valence electrons. The van der Waals surface area contributed by atoms with E-state index in [1.807, 2.05) is 6.92 Å². The summed E-state index contributed by atoms with van der Waals surface area (Å²) in [6.45, 7) is 17.3. The van der Waals surface area contributed by atoms with Crippen molar-refractivity contribution in [2.45, 2.75) is 64.8 Å². The second-order valence-corrected chi connectivity index (χ2v) is 11.0. The van der Waals surface area contributed by atoms with Crippen molar-refractivity contribution in [1.82, 2.24) is 0 Å². The van der Waals surface area contributed by atoms with Crippen molar-refractivity contribution >= 4 is 8.32 Å². The molecule has 0 bridgehead atoms. The fourth-order valence-electron chi connectivity index (χ4n) is 1.02. The van der Waals surface area contributed by atoms with Crippen molar-refractivity contribution in [2.24, 2.45) is 0 Å². The predicted molar refractivity (Wildman–Crippen MR) is 73.2 cm³/mol. The molecule has 0 radical (unpaired) electrons. The molecule has 0 aromatic carbocycles. The molecule has 0 unspecified atom stereocenters. The first kappa shape index (κ1) is 15.9. The van der Waals surface area contributed by atoms with Crippen LogP contribution in [0.1, 0.15) is 40.5 Å². The van der Waals surface area contributed by atoms with Crippen molar-refractivity contribution in [3.8, 4) is 0 Å². The van der Waals surface area contributed by atoms with Gasteiger partial charge in [-0.25, -0.2) is 0 Å². The van der Waals surface area contributed by atoms with Crippen LogP contribution in [0.2, 0.25) is 18.1 Å². The summed E-state index contributed by atoms with van der Waals surface area (Å²) in [5, 5.41) is 9.99. The van der Waals surface area contributed by atoms with Crippen LogP contribution < -0.4 is 0 Å². The Balaban J connectivity index is 4.00. The smallest absolute Gasteiger partial charge is 0.192 e. The summed E-state index contributed by atoms with van der Waals surface area (Å²) < 4.78 is 5.95. The molecular weight excluding hydrogens is 216 g/mol. The van der Waals surface area contributed by atoms with Crippen LogP contribution in [0.15, 0.2) is 12.2 Å². The SMILES string of the molecule is C=C(C)CC[C@H](O)CO[Si](C)(C)C(C)(C)C. The van der Waals surface area contributed by atoms with Gasteiger partial charge in [0, 0.05) is 0 Å². The summed E-state index contributed by atoms with van der Waals surface area (Å²) in [6.07, 6.45) is 1.28. The molecular formula is C13H28O2Si. The quantitative estimate of drug-likeness (QED) is 0.570. The molecule has 0 aromatic rings. The Morgan fingerprint density at radius 1 is 1.38 bits per heavy atom. The van der Waals surface area contributed by atoms with Crippen molar-refractivity contribution in [3.63, 3.8) is 0 Å². The van der Waals surface area contributed by atoms with Crippen molar-refractivity contribution in [3.05, 3.63) is 12.2 Å². The van der Waals surface area contributed by atoms with Crippen LogP contribution in [0.5, 0.6) is 0 Å². The summed E-state index contributed by atoms with van der Waals surface area (Å²) in [5.41, 5.74) is 1.12. The highest BCUT2D eigenvalue weighted by molar-refractivity contribution is 6.74. The van der Waals surface area contributed by atoms with Gasteiger partial charge in [-0.3, -0.25) is 0 Å². The molecule has 0 aliphatic heterocycles. The maximum atomic E-state index is 9.78. The van der Waals surface area contributed by atoms with Gasteiger partial charge in [-0.15, -0.1) is 6.58 Å². The maximum Gasteiger partial charge on any atom is 0.192 e. The Morgan fingerprint density at radius 2 is 1.88 bits per heavy atom. The first-order chi connectivity index (χ1) is 7.06. The van der Waals surface area contributed by atoms with Gasteiger partial charge in [-0.1, -0.05) is 26.3 Å². The van der Waals surface area contributed by atoms with E-state index in [0.29, 0.717) is 6.61 Å². The average Bonchev–Trinajstić information content (AvgIpc) is 2.09. The Morgan fingerprint density at radius 3 is 2.25 bits per heavy atom. The molecule has 0 rings (SSSR count). The highest BCUT2D eigenvalue weighted by atomic mass is 28.4. The van der Waals surface area contributed by atoms with Gasteiger partial charge in [-0.05, 0) is 37.9 Å².